The van der Waals surface area contributed by atoms with Crippen LogP contribution in [0.15, 0.2) is 43.0 Å². The van der Waals surface area contributed by atoms with Gasteiger partial charge in [-0.15, -0.1) is 0 Å². The molecule has 2 aromatic rings. The minimum Gasteiger partial charge on any atom is -0.506 e. The molecule has 1 atom stereocenters. The van der Waals surface area contributed by atoms with E-state index in [0.717, 1.165) is 82.3 Å². The van der Waals surface area contributed by atoms with E-state index in [-0.39, 0.29) is 11.5 Å². The molecule has 216 valence electrons. The number of aromatic carboxylic acids is 1. The number of hydrogen-bond donors (Lipinski definition) is 3. The molecule has 0 spiro atoms. The molecule has 0 saturated heterocycles. The van der Waals surface area contributed by atoms with Crippen molar-refractivity contribution in [3.8, 4) is 0 Å². The van der Waals surface area contributed by atoms with E-state index >= 15 is 0 Å². The summed E-state index contributed by atoms with van der Waals surface area (Å²) < 4.78 is 17.4. The molecule has 0 aliphatic carbocycles. The molecule has 4 N–H and O–H groups in total. The number of nitrogens with zero attached hydrogens (tertiary/aromatic N) is 2. The number of aliphatic hydroxyl groups is 1. The van der Waals surface area contributed by atoms with Crippen molar-refractivity contribution in [1.82, 2.24) is 9.97 Å². The van der Waals surface area contributed by atoms with Crippen molar-refractivity contribution in [2.24, 2.45) is 11.7 Å². The Morgan fingerprint density at radius 3 is 2.03 bits per heavy atom. The van der Waals surface area contributed by atoms with E-state index < -0.39 is 5.97 Å². The highest BCUT2D eigenvalue weighted by molar-refractivity contribution is 5.85. The molecule has 2 rings (SSSR count). The first-order valence-electron chi connectivity index (χ1n) is 14.0. The lowest BCUT2D eigenvalue weighted by atomic mass is 9.96. The first-order chi connectivity index (χ1) is 19.0. The third kappa shape index (κ3) is 14.8. The van der Waals surface area contributed by atoms with E-state index in [1.807, 2.05) is 18.2 Å². The number of aryl methyl sites for hydroxylation is 1. The largest absolute Gasteiger partial charge is 0.506 e. The Bertz CT molecular complexity index is 971. The molecule has 2 aromatic heterocycles. The number of hydrogen-bond acceptors (Lipinski definition) is 8. The molecule has 0 fully saturated rings. The van der Waals surface area contributed by atoms with Gasteiger partial charge in [-0.1, -0.05) is 18.7 Å². The van der Waals surface area contributed by atoms with Crippen LogP contribution in [0.5, 0.6) is 0 Å². The number of carbonyl (C=O) groups is 1. The molecule has 39 heavy (non-hydrogen) atoms. The first kappa shape index (κ1) is 32.4. The van der Waals surface area contributed by atoms with E-state index in [9.17, 15) is 9.90 Å². The van der Waals surface area contributed by atoms with E-state index in [0.29, 0.717) is 44.6 Å². The number of carboxylic acid groups (broad SMARTS) is 1. The molecule has 0 aliphatic rings. The number of carboxylic acids is 1. The van der Waals surface area contributed by atoms with Crippen LogP contribution in [-0.4, -0.2) is 72.3 Å². The number of aromatic nitrogens is 2. The Morgan fingerprint density at radius 1 is 0.769 bits per heavy atom. The van der Waals surface area contributed by atoms with Crippen molar-refractivity contribution in [1.29, 1.82) is 0 Å². The van der Waals surface area contributed by atoms with E-state index in [1.54, 1.807) is 12.1 Å². The van der Waals surface area contributed by atoms with Crippen LogP contribution in [0.3, 0.4) is 0 Å². The Kier molecular flexibility index (Phi) is 16.7. The highest BCUT2D eigenvalue weighted by atomic mass is 16.5. The van der Waals surface area contributed by atoms with E-state index in [1.165, 1.54) is 6.07 Å². The predicted octanol–water partition coefficient (Wildman–Crippen LogP) is 4.84. The molecule has 9 nitrogen and oxygen atoms in total. The van der Waals surface area contributed by atoms with Crippen molar-refractivity contribution in [3.63, 3.8) is 0 Å². The van der Waals surface area contributed by atoms with Crippen molar-refractivity contribution >= 4 is 11.7 Å². The van der Waals surface area contributed by atoms with Gasteiger partial charge in [-0.25, -0.2) is 14.8 Å². The SMILES string of the molecule is C=C(O)c1cccc(CC(CCOCCCCCN)CCOCCOCCCCc2cccc(C(=O)O)n2)n1. The average Bonchev–Trinajstić information content (AvgIpc) is 2.93. The summed E-state index contributed by atoms with van der Waals surface area (Å²) in [5, 5.41) is 18.7. The number of unbranched alkanes of at least 4 members (excludes halogenated alkanes) is 3. The highest BCUT2D eigenvalue weighted by Gasteiger charge is 2.12. The van der Waals surface area contributed by atoms with E-state index in [2.05, 4.69) is 16.5 Å². The van der Waals surface area contributed by atoms with Gasteiger partial charge in [0.1, 0.15) is 17.1 Å². The quantitative estimate of drug-likeness (QED) is 0.133. The number of pyridine rings is 2. The molecule has 0 aliphatic heterocycles. The van der Waals surface area contributed by atoms with Gasteiger partial charge < -0.3 is 30.2 Å². The molecule has 0 aromatic carbocycles. The Balaban J connectivity index is 1.62. The molecule has 0 radical (unpaired) electrons. The number of aliphatic hydroxyl groups excluding tert-OH is 1. The van der Waals surface area contributed by atoms with Gasteiger partial charge in [-0.2, -0.15) is 0 Å². The van der Waals surface area contributed by atoms with Gasteiger partial charge in [0.2, 0.25) is 0 Å². The van der Waals surface area contributed by atoms with Crippen molar-refractivity contribution in [3.05, 3.63) is 65.8 Å². The summed E-state index contributed by atoms with van der Waals surface area (Å²) in [6.07, 6.45) is 8.21. The first-order valence-corrected chi connectivity index (χ1v) is 14.0. The molecule has 0 saturated carbocycles. The summed E-state index contributed by atoms with van der Waals surface area (Å²) in [6.45, 7) is 8.07. The van der Waals surface area contributed by atoms with Crippen molar-refractivity contribution < 1.29 is 29.2 Å². The molecule has 0 bridgehead atoms. The van der Waals surface area contributed by atoms with Gasteiger partial charge in [-0.05, 0) is 94.5 Å². The average molecular weight is 544 g/mol. The Labute approximate surface area is 232 Å². The second-order valence-corrected chi connectivity index (χ2v) is 9.57. The number of ether oxygens (including phenoxy) is 3. The second-order valence-electron chi connectivity index (χ2n) is 9.57. The normalized spacial score (nSPS) is 11.9. The zero-order valence-electron chi connectivity index (χ0n) is 23.1. The van der Waals surface area contributed by atoms with Gasteiger partial charge in [0.05, 0.1) is 13.2 Å². The van der Waals surface area contributed by atoms with Crippen LogP contribution < -0.4 is 5.73 Å². The standard InChI is InChI=1S/C30H45N3O6/c1-24(34)28-12-8-11-27(33-28)23-25(14-19-37-17-5-2-4-16-31)15-20-39-22-21-38-18-6-3-9-26-10-7-13-29(32-26)30(35)36/h7-8,10-13,25,34H,1-6,9,14-23,31H2,(H,35,36). The highest BCUT2D eigenvalue weighted by Crippen LogP contribution is 2.17. The van der Waals surface area contributed by atoms with Gasteiger partial charge in [0, 0.05) is 37.8 Å². The third-order valence-electron chi connectivity index (χ3n) is 6.30. The molecule has 9 heteroatoms. The molecular formula is C30H45N3O6. The maximum absolute atomic E-state index is 11.0. The third-order valence-corrected chi connectivity index (χ3v) is 6.30. The molecular weight excluding hydrogens is 498 g/mol. The monoisotopic (exact) mass is 543 g/mol. The zero-order chi connectivity index (χ0) is 28.1. The van der Waals surface area contributed by atoms with Crippen LogP contribution in [0.4, 0.5) is 0 Å². The lowest BCUT2D eigenvalue weighted by Crippen LogP contribution is -2.14. The molecule has 2 heterocycles. The van der Waals surface area contributed by atoms with Crippen LogP contribution in [-0.2, 0) is 27.1 Å². The fourth-order valence-electron chi connectivity index (χ4n) is 4.10. The fourth-order valence-corrected chi connectivity index (χ4v) is 4.10. The maximum Gasteiger partial charge on any atom is 0.354 e. The van der Waals surface area contributed by atoms with Gasteiger partial charge in [0.15, 0.2) is 0 Å². The minimum absolute atomic E-state index is 0.0263. The summed E-state index contributed by atoms with van der Waals surface area (Å²) in [4.78, 5) is 19.7. The van der Waals surface area contributed by atoms with Gasteiger partial charge >= 0.3 is 5.97 Å². The Hall–Kier alpha value is -2.85. The zero-order valence-corrected chi connectivity index (χ0v) is 23.1. The molecule has 0 amide bonds. The minimum atomic E-state index is -1.01. The van der Waals surface area contributed by atoms with Crippen molar-refractivity contribution in [2.45, 2.75) is 57.8 Å². The topological polar surface area (TPSA) is 137 Å². The summed E-state index contributed by atoms with van der Waals surface area (Å²) in [5.74, 6) is -0.688. The lowest BCUT2D eigenvalue weighted by molar-refractivity contribution is 0.0390. The van der Waals surface area contributed by atoms with Crippen molar-refractivity contribution in [2.75, 3.05) is 46.2 Å². The molecule has 1 unspecified atom stereocenters. The van der Waals surface area contributed by atoms with Crippen LogP contribution >= 0.6 is 0 Å². The maximum atomic E-state index is 11.0. The summed E-state index contributed by atoms with van der Waals surface area (Å²) in [7, 11) is 0. The fraction of sp³-hybridized carbons (Fsp3) is 0.567. The Morgan fingerprint density at radius 2 is 1.36 bits per heavy atom. The van der Waals surface area contributed by atoms with Crippen LogP contribution in [0.1, 0.15) is 72.5 Å². The van der Waals surface area contributed by atoms with Crippen LogP contribution in [0.2, 0.25) is 0 Å². The summed E-state index contributed by atoms with van der Waals surface area (Å²) >= 11 is 0. The van der Waals surface area contributed by atoms with Crippen LogP contribution in [0.25, 0.3) is 5.76 Å². The predicted molar refractivity (Wildman–Crippen MR) is 152 cm³/mol. The second kappa shape index (κ2) is 20.1. The summed E-state index contributed by atoms with van der Waals surface area (Å²) in [6, 6.07) is 10.7. The van der Waals surface area contributed by atoms with Gasteiger partial charge in [0.25, 0.3) is 0 Å². The smallest absolute Gasteiger partial charge is 0.354 e. The number of nitrogens with two attached hydrogens (primary N) is 1. The van der Waals surface area contributed by atoms with E-state index in [4.69, 9.17) is 25.1 Å². The number of rotatable bonds is 23. The van der Waals surface area contributed by atoms with Crippen LogP contribution in [0, 0.1) is 5.92 Å². The summed E-state index contributed by atoms with van der Waals surface area (Å²) in [5.41, 5.74) is 7.83. The lowest BCUT2D eigenvalue weighted by Gasteiger charge is -2.17. The van der Waals surface area contributed by atoms with Gasteiger partial charge in [-0.3, -0.25) is 0 Å².